The second kappa shape index (κ2) is 6.46. The maximum atomic E-state index is 13.4. The van der Waals surface area contributed by atoms with Crippen molar-refractivity contribution >= 4 is 27.5 Å². The van der Waals surface area contributed by atoms with Gasteiger partial charge in [-0.2, -0.15) is 0 Å². The molecule has 4 rings (SSSR count). The number of nitrogens with zero attached hydrogens (tertiary/aromatic N) is 2. The van der Waals surface area contributed by atoms with Crippen molar-refractivity contribution in [2.75, 3.05) is 5.43 Å². The van der Waals surface area contributed by atoms with E-state index in [0.29, 0.717) is 11.9 Å². The Morgan fingerprint density at radius 1 is 1.26 bits per heavy atom. The first-order chi connectivity index (χ1) is 12.8. The van der Waals surface area contributed by atoms with Gasteiger partial charge in [0, 0.05) is 4.88 Å². The predicted molar refractivity (Wildman–Crippen MR) is 113 cm³/mol. The molecular formula is C21H26N4OS. The molecule has 3 N–H and O–H groups in total. The number of nitrogens with two attached hydrogens (primary N) is 1. The van der Waals surface area contributed by atoms with Crippen LogP contribution in [-0.4, -0.2) is 9.55 Å². The second-order valence-electron chi connectivity index (χ2n) is 8.55. The Labute approximate surface area is 163 Å². The SMILES string of the molecule is Cc1ccc(-n2c(NN)nc3sc4c(c3c2=O)CC[C@H](C(C)(C)C)C4)cc1. The number of nitrogens with one attached hydrogen (secondary N) is 1. The van der Waals surface area contributed by atoms with Gasteiger partial charge in [0.25, 0.3) is 5.56 Å². The number of rotatable bonds is 2. The molecule has 1 aliphatic carbocycles. The van der Waals surface area contributed by atoms with E-state index in [0.717, 1.165) is 40.7 Å². The molecular weight excluding hydrogens is 356 g/mol. The normalized spacial score (nSPS) is 17.1. The largest absolute Gasteiger partial charge is 0.293 e. The van der Waals surface area contributed by atoms with Gasteiger partial charge in [0.15, 0.2) is 0 Å². The molecule has 0 fully saturated rings. The summed E-state index contributed by atoms with van der Waals surface area (Å²) in [5, 5.41) is 0.766. The molecule has 142 valence electrons. The van der Waals surface area contributed by atoms with Gasteiger partial charge in [0.2, 0.25) is 5.95 Å². The van der Waals surface area contributed by atoms with Crippen LogP contribution in [-0.2, 0) is 12.8 Å². The highest BCUT2D eigenvalue weighted by Gasteiger charge is 2.32. The molecule has 0 amide bonds. The van der Waals surface area contributed by atoms with Crippen LogP contribution in [0.4, 0.5) is 5.95 Å². The maximum Gasteiger partial charge on any atom is 0.268 e. The van der Waals surface area contributed by atoms with E-state index in [1.54, 1.807) is 15.9 Å². The minimum Gasteiger partial charge on any atom is -0.293 e. The van der Waals surface area contributed by atoms with Gasteiger partial charge in [-0.05, 0) is 55.2 Å². The summed E-state index contributed by atoms with van der Waals surface area (Å²) < 4.78 is 1.59. The zero-order chi connectivity index (χ0) is 19.3. The van der Waals surface area contributed by atoms with Crippen molar-refractivity contribution in [3.8, 4) is 5.69 Å². The highest BCUT2D eigenvalue weighted by atomic mass is 32.1. The van der Waals surface area contributed by atoms with Gasteiger partial charge in [-0.3, -0.25) is 10.2 Å². The Balaban J connectivity index is 1.91. The van der Waals surface area contributed by atoms with Crippen LogP contribution in [0.15, 0.2) is 29.1 Å². The average molecular weight is 383 g/mol. The van der Waals surface area contributed by atoms with Crippen molar-refractivity contribution in [3.63, 3.8) is 0 Å². The van der Waals surface area contributed by atoms with Crippen LogP contribution in [0, 0.1) is 18.3 Å². The van der Waals surface area contributed by atoms with Crippen LogP contribution in [0.3, 0.4) is 0 Å². The summed E-state index contributed by atoms with van der Waals surface area (Å²) in [5.41, 5.74) is 5.96. The molecule has 0 aliphatic heterocycles. The highest BCUT2D eigenvalue weighted by molar-refractivity contribution is 7.18. The monoisotopic (exact) mass is 382 g/mol. The summed E-state index contributed by atoms with van der Waals surface area (Å²) in [4.78, 5) is 20.2. The lowest BCUT2D eigenvalue weighted by Gasteiger charge is -2.33. The molecule has 0 spiro atoms. The molecule has 0 saturated heterocycles. The molecule has 1 atom stereocenters. The first-order valence-corrected chi connectivity index (χ1v) is 10.2. The van der Waals surface area contributed by atoms with Crippen molar-refractivity contribution in [2.24, 2.45) is 17.2 Å². The number of aromatic nitrogens is 2. The number of nitrogen functional groups attached to an aromatic ring is 1. The maximum absolute atomic E-state index is 13.4. The summed E-state index contributed by atoms with van der Waals surface area (Å²) in [6.07, 6.45) is 3.08. The zero-order valence-electron chi connectivity index (χ0n) is 16.3. The number of anilines is 1. The quantitative estimate of drug-likeness (QED) is 0.515. The minimum absolute atomic E-state index is 0.0384. The molecule has 5 nitrogen and oxygen atoms in total. The fraction of sp³-hybridized carbons (Fsp3) is 0.429. The number of thiophene rings is 1. The first-order valence-electron chi connectivity index (χ1n) is 9.40. The van der Waals surface area contributed by atoms with Gasteiger partial charge in [-0.1, -0.05) is 38.5 Å². The van der Waals surface area contributed by atoms with Crippen LogP contribution in [0.5, 0.6) is 0 Å². The molecule has 0 unspecified atom stereocenters. The van der Waals surface area contributed by atoms with E-state index in [4.69, 9.17) is 10.8 Å². The Bertz CT molecular complexity index is 1060. The third kappa shape index (κ3) is 3.07. The fourth-order valence-corrected chi connectivity index (χ4v) is 5.28. The average Bonchev–Trinajstić information content (AvgIpc) is 2.99. The Kier molecular flexibility index (Phi) is 4.35. The van der Waals surface area contributed by atoms with Gasteiger partial charge in [-0.15, -0.1) is 11.3 Å². The Morgan fingerprint density at radius 2 is 1.96 bits per heavy atom. The van der Waals surface area contributed by atoms with Crippen LogP contribution in [0.2, 0.25) is 0 Å². The lowest BCUT2D eigenvalue weighted by Crippen LogP contribution is -2.28. The Morgan fingerprint density at radius 3 is 2.59 bits per heavy atom. The van der Waals surface area contributed by atoms with Crippen molar-refractivity contribution in [1.29, 1.82) is 0 Å². The molecule has 1 aromatic carbocycles. The van der Waals surface area contributed by atoms with Crippen molar-refractivity contribution in [1.82, 2.24) is 9.55 Å². The van der Waals surface area contributed by atoms with E-state index in [1.165, 1.54) is 10.4 Å². The molecule has 0 bridgehead atoms. The third-order valence-electron chi connectivity index (χ3n) is 5.73. The summed E-state index contributed by atoms with van der Waals surface area (Å²) in [6, 6.07) is 7.84. The number of benzene rings is 1. The number of hydrogen-bond donors (Lipinski definition) is 2. The van der Waals surface area contributed by atoms with Crippen molar-refractivity contribution in [2.45, 2.75) is 47.0 Å². The zero-order valence-corrected chi connectivity index (χ0v) is 17.1. The minimum atomic E-state index is -0.0384. The molecule has 27 heavy (non-hydrogen) atoms. The number of aryl methyl sites for hydroxylation is 2. The van der Waals surface area contributed by atoms with Crippen LogP contribution < -0.4 is 16.8 Å². The van der Waals surface area contributed by atoms with E-state index in [9.17, 15) is 4.79 Å². The number of hydrogen-bond acceptors (Lipinski definition) is 5. The van der Waals surface area contributed by atoms with E-state index in [-0.39, 0.29) is 11.0 Å². The lowest BCUT2D eigenvalue weighted by atomic mass is 9.72. The van der Waals surface area contributed by atoms with E-state index in [1.807, 2.05) is 31.2 Å². The summed E-state index contributed by atoms with van der Waals surface area (Å²) >= 11 is 1.65. The van der Waals surface area contributed by atoms with E-state index >= 15 is 0 Å². The van der Waals surface area contributed by atoms with E-state index in [2.05, 4.69) is 26.2 Å². The van der Waals surface area contributed by atoms with Gasteiger partial charge in [0.1, 0.15) is 4.83 Å². The second-order valence-corrected chi connectivity index (χ2v) is 9.63. The molecule has 0 saturated carbocycles. The summed E-state index contributed by atoms with van der Waals surface area (Å²) in [7, 11) is 0. The van der Waals surface area contributed by atoms with Crippen LogP contribution in [0.1, 0.15) is 43.2 Å². The Hall–Kier alpha value is -2.18. The van der Waals surface area contributed by atoms with Crippen LogP contribution >= 0.6 is 11.3 Å². The van der Waals surface area contributed by atoms with Gasteiger partial charge >= 0.3 is 0 Å². The molecule has 1 aliphatic rings. The first kappa shape index (κ1) is 18.2. The fourth-order valence-electron chi connectivity index (χ4n) is 3.99. The molecule has 0 radical (unpaired) electrons. The van der Waals surface area contributed by atoms with Gasteiger partial charge < -0.3 is 0 Å². The summed E-state index contributed by atoms with van der Waals surface area (Å²) in [6.45, 7) is 8.93. The molecule has 3 aromatic rings. The van der Waals surface area contributed by atoms with Crippen LogP contribution in [0.25, 0.3) is 15.9 Å². The third-order valence-corrected chi connectivity index (χ3v) is 6.88. The van der Waals surface area contributed by atoms with Gasteiger partial charge in [0.05, 0.1) is 11.1 Å². The molecule has 6 heteroatoms. The van der Waals surface area contributed by atoms with Crippen molar-refractivity contribution < 1.29 is 0 Å². The standard InChI is InChI=1S/C21H26N4OS/c1-12-5-8-14(9-6-12)25-19(26)17-15-10-7-13(21(2,3)4)11-16(15)27-18(17)23-20(25)24-22/h5-6,8-9,13H,7,10-11,22H2,1-4H3,(H,23,24)/t13-/m0/s1. The molecule has 2 aromatic heterocycles. The highest BCUT2D eigenvalue weighted by Crippen LogP contribution is 2.42. The molecule has 2 heterocycles. The number of fused-ring (bicyclic) bond motifs is 3. The smallest absolute Gasteiger partial charge is 0.268 e. The van der Waals surface area contributed by atoms with Crippen molar-refractivity contribution in [3.05, 3.63) is 50.6 Å². The van der Waals surface area contributed by atoms with Gasteiger partial charge in [-0.25, -0.2) is 15.4 Å². The summed E-state index contributed by atoms with van der Waals surface area (Å²) in [5.74, 6) is 6.72. The lowest BCUT2D eigenvalue weighted by molar-refractivity contribution is 0.218. The predicted octanol–water partition coefficient (Wildman–Crippen LogP) is 4.19. The number of hydrazine groups is 1. The van der Waals surface area contributed by atoms with E-state index < -0.39 is 0 Å². The topological polar surface area (TPSA) is 72.9 Å².